The number of nitrogens with zero attached hydrogens (tertiary/aromatic N) is 1. The Labute approximate surface area is 141 Å². The van der Waals surface area contributed by atoms with Crippen LogP contribution in [-0.2, 0) is 6.61 Å². The number of rotatable bonds is 7. The molecule has 1 heterocycles. The van der Waals surface area contributed by atoms with Crippen LogP contribution < -0.4 is 15.2 Å². The molecule has 0 aliphatic heterocycles. The molecule has 3 rings (SSSR count). The molecule has 3 aromatic rings. The van der Waals surface area contributed by atoms with E-state index in [-0.39, 0.29) is 0 Å². The van der Waals surface area contributed by atoms with Gasteiger partial charge in [0.1, 0.15) is 18.1 Å². The first-order valence-electron chi connectivity index (χ1n) is 8.01. The maximum absolute atomic E-state index is 5.79. The van der Waals surface area contributed by atoms with Crippen molar-refractivity contribution in [3.63, 3.8) is 0 Å². The van der Waals surface area contributed by atoms with E-state index in [1.807, 2.05) is 54.6 Å². The molecule has 0 atom stereocenters. The number of nitrogens with two attached hydrogens (primary N) is 1. The SMILES string of the molecule is CCCOc1ccccc1-c1cc(COc2ccc(N)cc2)[nH]n1. The van der Waals surface area contributed by atoms with Gasteiger partial charge in [-0.15, -0.1) is 0 Å². The van der Waals surface area contributed by atoms with Crippen LogP contribution in [0.15, 0.2) is 54.6 Å². The molecule has 5 heteroatoms. The summed E-state index contributed by atoms with van der Waals surface area (Å²) in [7, 11) is 0. The Morgan fingerprint density at radius 3 is 2.62 bits per heavy atom. The molecule has 0 aliphatic rings. The molecule has 0 radical (unpaired) electrons. The van der Waals surface area contributed by atoms with Gasteiger partial charge >= 0.3 is 0 Å². The van der Waals surface area contributed by atoms with Crippen molar-refractivity contribution in [2.45, 2.75) is 20.0 Å². The van der Waals surface area contributed by atoms with Gasteiger partial charge < -0.3 is 15.2 Å². The van der Waals surface area contributed by atoms with Gasteiger partial charge in [0.15, 0.2) is 0 Å². The molecule has 1 aromatic heterocycles. The van der Waals surface area contributed by atoms with Gasteiger partial charge in [-0.1, -0.05) is 19.1 Å². The second kappa shape index (κ2) is 7.55. The molecule has 0 amide bonds. The standard InChI is InChI=1S/C19H21N3O2/c1-2-11-23-19-6-4-3-5-17(19)18-12-15(21-22-18)13-24-16-9-7-14(20)8-10-16/h3-10,12H,2,11,13,20H2,1H3,(H,21,22). The van der Waals surface area contributed by atoms with Gasteiger partial charge in [-0.2, -0.15) is 5.10 Å². The number of nitrogen functional groups attached to an aromatic ring is 1. The maximum Gasteiger partial charge on any atom is 0.130 e. The molecule has 0 spiro atoms. The third-order valence-electron chi connectivity index (χ3n) is 3.53. The second-order valence-electron chi connectivity index (χ2n) is 5.48. The topological polar surface area (TPSA) is 73.2 Å². The minimum Gasteiger partial charge on any atom is -0.493 e. The predicted molar refractivity (Wildman–Crippen MR) is 95.0 cm³/mol. The van der Waals surface area contributed by atoms with Crippen LogP contribution in [-0.4, -0.2) is 16.8 Å². The third-order valence-corrected chi connectivity index (χ3v) is 3.53. The average Bonchev–Trinajstić information content (AvgIpc) is 3.08. The molecule has 0 bridgehead atoms. The van der Waals surface area contributed by atoms with Crippen molar-refractivity contribution in [3.8, 4) is 22.8 Å². The highest BCUT2D eigenvalue weighted by Gasteiger charge is 2.10. The Hall–Kier alpha value is -2.95. The molecule has 0 unspecified atom stereocenters. The number of para-hydroxylation sites is 1. The van der Waals surface area contributed by atoms with E-state index in [1.54, 1.807) is 0 Å². The summed E-state index contributed by atoms with van der Waals surface area (Å²) in [5.41, 5.74) is 9.10. The summed E-state index contributed by atoms with van der Waals surface area (Å²) in [6.45, 7) is 3.19. The highest BCUT2D eigenvalue weighted by Crippen LogP contribution is 2.29. The van der Waals surface area contributed by atoms with Crippen LogP contribution in [0.1, 0.15) is 19.0 Å². The average molecular weight is 323 g/mol. The van der Waals surface area contributed by atoms with Crippen molar-refractivity contribution >= 4 is 5.69 Å². The zero-order valence-corrected chi connectivity index (χ0v) is 13.7. The summed E-state index contributed by atoms with van der Waals surface area (Å²) in [5, 5.41) is 7.39. The molecule has 24 heavy (non-hydrogen) atoms. The quantitative estimate of drug-likeness (QED) is 0.644. The van der Waals surface area contributed by atoms with Gasteiger partial charge in [0.25, 0.3) is 0 Å². The first-order valence-corrected chi connectivity index (χ1v) is 8.01. The predicted octanol–water partition coefficient (Wildman–Crippen LogP) is 4.03. The highest BCUT2D eigenvalue weighted by molar-refractivity contribution is 5.67. The first-order chi connectivity index (χ1) is 11.8. The number of aromatic nitrogens is 2. The summed E-state index contributed by atoms with van der Waals surface area (Å²) < 4.78 is 11.5. The van der Waals surface area contributed by atoms with Crippen molar-refractivity contribution in [1.82, 2.24) is 10.2 Å². The summed E-state index contributed by atoms with van der Waals surface area (Å²) in [4.78, 5) is 0. The van der Waals surface area contributed by atoms with E-state index >= 15 is 0 Å². The molecule has 124 valence electrons. The van der Waals surface area contributed by atoms with Gasteiger partial charge in [-0.3, -0.25) is 5.10 Å². The number of aromatic amines is 1. The van der Waals surface area contributed by atoms with Crippen molar-refractivity contribution in [2.75, 3.05) is 12.3 Å². The van der Waals surface area contributed by atoms with E-state index in [4.69, 9.17) is 15.2 Å². The Morgan fingerprint density at radius 1 is 1.04 bits per heavy atom. The highest BCUT2D eigenvalue weighted by atomic mass is 16.5. The zero-order valence-electron chi connectivity index (χ0n) is 13.7. The van der Waals surface area contributed by atoms with Crippen LogP contribution in [0.25, 0.3) is 11.3 Å². The van der Waals surface area contributed by atoms with Crippen molar-refractivity contribution in [3.05, 3.63) is 60.3 Å². The van der Waals surface area contributed by atoms with Gasteiger partial charge in [-0.25, -0.2) is 0 Å². The summed E-state index contributed by atoms with van der Waals surface area (Å²) >= 11 is 0. The van der Waals surface area contributed by atoms with E-state index in [0.717, 1.165) is 40.6 Å². The molecule has 0 saturated carbocycles. The Balaban J connectivity index is 1.70. The minimum absolute atomic E-state index is 0.412. The molecule has 0 saturated heterocycles. The molecule has 0 aliphatic carbocycles. The fraction of sp³-hybridized carbons (Fsp3) is 0.211. The normalized spacial score (nSPS) is 10.5. The lowest BCUT2D eigenvalue weighted by molar-refractivity contribution is 0.301. The van der Waals surface area contributed by atoms with Crippen LogP contribution in [0.3, 0.4) is 0 Å². The van der Waals surface area contributed by atoms with Crippen LogP contribution in [0.2, 0.25) is 0 Å². The van der Waals surface area contributed by atoms with Gasteiger partial charge in [0, 0.05) is 11.3 Å². The number of H-pyrrole nitrogens is 1. The smallest absolute Gasteiger partial charge is 0.130 e. The van der Waals surface area contributed by atoms with Crippen LogP contribution in [0.5, 0.6) is 11.5 Å². The van der Waals surface area contributed by atoms with Gasteiger partial charge in [0.2, 0.25) is 0 Å². The largest absolute Gasteiger partial charge is 0.493 e. The zero-order chi connectivity index (χ0) is 16.8. The van der Waals surface area contributed by atoms with Crippen LogP contribution >= 0.6 is 0 Å². The van der Waals surface area contributed by atoms with E-state index < -0.39 is 0 Å². The summed E-state index contributed by atoms with van der Waals surface area (Å²) in [5.74, 6) is 1.61. The number of hydrogen-bond donors (Lipinski definition) is 2. The fourth-order valence-electron chi connectivity index (χ4n) is 2.31. The lowest BCUT2D eigenvalue weighted by Crippen LogP contribution is -1.96. The van der Waals surface area contributed by atoms with E-state index in [1.165, 1.54) is 0 Å². The van der Waals surface area contributed by atoms with E-state index in [9.17, 15) is 0 Å². The third kappa shape index (κ3) is 3.87. The van der Waals surface area contributed by atoms with Crippen molar-refractivity contribution < 1.29 is 9.47 Å². The second-order valence-corrected chi connectivity index (χ2v) is 5.48. The van der Waals surface area contributed by atoms with Gasteiger partial charge in [0.05, 0.1) is 18.0 Å². The van der Waals surface area contributed by atoms with Gasteiger partial charge in [-0.05, 0) is 48.9 Å². The number of benzene rings is 2. The lowest BCUT2D eigenvalue weighted by Gasteiger charge is -2.08. The first kappa shape index (κ1) is 15.9. The van der Waals surface area contributed by atoms with E-state index in [0.29, 0.717) is 13.2 Å². The number of anilines is 1. The van der Waals surface area contributed by atoms with Crippen LogP contribution in [0.4, 0.5) is 5.69 Å². The van der Waals surface area contributed by atoms with Crippen molar-refractivity contribution in [2.24, 2.45) is 0 Å². The number of hydrogen-bond acceptors (Lipinski definition) is 4. The number of nitrogens with one attached hydrogen (secondary N) is 1. The molecule has 0 fully saturated rings. The maximum atomic E-state index is 5.79. The van der Waals surface area contributed by atoms with E-state index in [2.05, 4.69) is 17.1 Å². The molecular formula is C19H21N3O2. The Kier molecular flexibility index (Phi) is 5.01. The summed E-state index contributed by atoms with van der Waals surface area (Å²) in [6.07, 6.45) is 0.968. The molecular weight excluding hydrogens is 302 g/mol. The molecule has 3 N–H and O–H groups in total. The van der Waals surface area contributed by atoms with Crippen LogP contribution in [0, 0.1) is 0 Å². The monoisotopic (exact) mass is 323 g/mol. The molecule has 2 aromatic carbocycles. The minimum atomic E-state index is 0.412. The molecule has 5 nitrogen and oxygen atoms in total. The Morgan fingerprint density at radius 2 is 1.83 bits per heavy atom. The fourth-order valence-corrected chi connectivity index (χ4v) is 2.31. The lowest BCUT2D eigenvalue weighted by atomic mass is 10.1. The summed E-state index contributed by atoms with van der Waals surface area (Å²) in [6, 6.07) is 17.2. The Bertz CT molecular complexity index is 781. The van der Waals surface area contributed by atoms with Crippen molar-refractivity contribution in [1.29, 1.82) is 0 Å². The number of ether oxygens (including phenoxy) is 2.